The van der Waals surface area contributed by atoms with Gasteiger partial charge in [-0.05, 0) is 39.7 Å². The molecule has 0 amide bonds. The third-order valence-electron chi connectivity index (χ3n) is 2.71. The molecule has 80 valence electrons. The number of nitrogens with zero attached hydrogens (tertiary/aromatic N) is 1. The van der Waals surface area contributed by atoms with Crippen LogP contribution in [0.2, 0.25) is 0 Å². The van der Waals surface area contributed by atoms with Crippen molar-refractivity contribution < 1.29 is 4.74 Å². The fourth-order valence-corrected chi connectivity index (χ4v) is 2.32. The summed E-state index contributed by atoms with van der Waals surface area (Å²) in [5, 5.41) is 0. The van der Waals surface area contributed by atoms with E-state index in [4.69, 9.17) is 4.74 Å². The minimum atomic E-state index is 0.778. The molecule has 2 heterocycles. The number of pyridine rings is 1. The normalized spacial score (nSPS) is 13.3. The predicted molar refractivity (Wildman–Crippen MR) is 66.6 cm³/mol. The highest BCUT2D eigenvalue weighted by Crippen LogP contribution is 2.35. The van der Waals surface area contributed by atoms with Gasteiger partial charge in [-0.15, -0.1) is 0 Å². The van der Waals surface area contributed by atoms with Crippen LogP contribution in [0.3, 0.4) is 0 Å². The Kier molecular flexibility index (Phi) is 2.40. The summed E-state index contributed by atoms with van der Waals surface area (Å²) in [5.74, 6) is 0.994. The first-order valence-corrected chi connectivity index (χ1v) is 6.01. The molecule has 2 aromatic rings. The fraction of sp³-hybridized carbons (Fsp3) is 0.154. The van der Waals surface area contributed by atoms with Crippen molar-refractivity contribution in [1.82, 2.24) is 4.98 Å². The van der Waals surface area contributed by atoms with E-state index in [0.717, 1.165) is 34.6 Å². The van der Waals surface area contributed by atoms with Gasteiger partial charge >= 0.3 is 0 Å². The van der Waals surface area contributed by atoms with E-state index in [2.05, 4.69) is 39.1 Å². The Bertz CT molecular complexity index is 539. The Balaban J connectivity index is 2.17. The minimum absolute atomic E-state index is 0.778. The Morgan fingerprint density at radius 3 is 2.88 bits per heavy atom. The molecule has 1 aromatic carbocycles. The second-order valence-corrected chi connectivity index (χ2v) is 4.55. The van der Waals surface area contributed by atoms with Crippen LogP contribution in [0.4, 0.5) is 0 Å². The second kappa shape index (κ2) is 3.91. The third kappa shape index (κ3) is 1.61. The van der Waals surface area contributed by atoms with Gasteiger partial charge in [-0.2, -0.15) is 0 Å². The lowest BCUT2D eigenvalue weighted by Gasteiger charge is -2.07. The zero-order chi connectivity index (χ0) is 11.0. The van der Waals surface area contributed by atoms with Crippen LogP contribution in [0.15, 0.2) is 41.0 Å². The van der Waals surface area contributed by atoms with Crippen LogP contribution in [0.25, 0.3) is 11.3 Å². The monoisotopic (exact) mass is 275 g/mol. The number of aromatic nitrogens is 1. The largest absolute Gasteiger partial charge is 0.492 e. The van der Waals surface area contributed by atoms with Crippen molar-refractivity contribution in [2.45, 2.75) is 6.42 Å². The molecular weight excluding hydrogens is 266 g/mol. The van der Waals surface area contributed by atoms with Crippen molar-refractivity contribution in [1.29, 1.82) is 0 Å². The van der Waals surface area contributed by atoms with Crippen LogP contribution in [-0.4, -0.2) is 11.6 Å². The van der Waals surface area contributed by atoms with E-state index < -0.39 is 0 Å². The highest BCUT2D eigenvalue weighted by molar-refractivity contribution is 9.10. The summed E-state index contributed by atoms with van der Waals surface area (Å²) < 4.78 is 6.52. The topological polar surface area (TPSA) is 22.1 Å². The lowest BCUT2D eigenvalue weighted by atomic mass is 10.1. The molecule has 1 aromatic heterocycles. The maximum atomic E-state index is 5.67. The summed E-state index contributed by atoms with van der Waals surface area (Å²) in [4.78, 5) is 4.46. The number of halogens is 1. The number of rotatable bonds is 1. The molecule has 0 spiro atoms. The first-order chi connectivity index (χ1) is 7.84. The number of fused-ring (bicyclic) bond motifs is 1. The summed E-state index contributed by atoms with van der Waals surface area (Å²) in [6, 6.07) is 12.1. The molecule has 0 fully saturated rings. The number of ether oxygens (including phenoxy) is 1. The molecule has 0 N–H and O–H groups in total. The minimum Gasteiger partial charge on any atom is -0.492 e. The standard InChI is InChI=1S/C13H10BrNO/c14-12-6-2-5-11(15-12)10-4-1-3-9-7-8-16-13(9)10/h1-6H,7-8H2. The summed E-state index contributed by atoms with van der Waals surface area (Å²) in [6.45, 7) is 0.778. The van der Waals surface area contributed by atoms with Gasteiger partial charge in [0.2, 0.25) is 0 Å². The zero-order valence-corrected chi connectivity index (χ0v) is 10.2. The van der Waals surface area contributed by atoms with E-state index in [9.17, 15) is 0 Å². The van der Waals surface area contributed by atoms with Crippen molar-refractivity contribution in [3.63, 3.8) is 0 Å². The van der Waals surface area contributed by atoms with Gasteiger partial charge in [-0.1, -0.05) is 18.2 Å². The van der Waals surface area contributed by atoms with E-state index in [-0.39, 0.29) is 0 Å². The molecule has 0 saturated heterocycles. The molecule has 0 saturated carbocycles. The summed E-state index contributed by atoms with van der Waals surface area (Å²) >= 11 is 3.39. The first-order valence-electron chi connectivity index (χ1n) is 5.22. The Labute approximate surface area is 102 Å². The molecule has 0 unspecified atom stereocenters. The summed E-state index contributed by atoms with van der Waals surface area (Å²) in [7, 11) is 0. The smallest absolute Gasteiger partial charge is 0.132 e. The summed E-state index contributed by atoms with van der Waals surface area (Å²) in [5.41, 5.74) is 3.31. The number of hydrogen-bond donors (Lipinski definition) is 0. The van der Waals surface area contributed by atoms with Gasteiger partial charge in [0.15, 0.2) is 0 Å². The van der Waals surface area contributed by atoms with Gasteiger partial charge in [0, 0.05) is 12.0 Å². The lowest BCUT2D eigenvalue weighted by molar-refractivity contribution is 0.358. The maximum Gasteiger partial charge on any atom is 0.132 e. The van der Waals surface area contributed by atoms with E-state index in [1.807, 2.05) is 18.2 Å². The molecular formula is C13H10BrNO. The van der Waals surface area contributed by atoms with Crippen LogP contribution < -0.4 is 4.74 Å². The van der Waals surface area contributed by atoms with Crippen molar-refractivity contribution in [2.75, 3.05) is 6.61 Å². The Morgan fingerprint density at radius 2 is 2.00 bits per heavy atom. The van der Waals surface area contributed by atoms with Crippen LogP contribution in [-0.2, 0) is 6.42 Å². The Hall–Kier alpha value is -1.35. The molecule has 3 heteroatoms. The number of benzene rings is 1. The molecule has 3 rings (SSSR count). The van der Waals surface area contributed by atoms with Crippen LogP contribution >= 0.6 is 15.9 Å². The number of para-hydroxylation sites is 1. The second-order valence-electron chi connectivity index (χ2n) is 3.74. The average Bonchev–Trinajstić information content (AvgIpc) is 2.76. The summed E-state index contributed by atoms with van der Waals surface area (Å²) in [6.07, 6.45) is 0.997. The molecule has 1 aliphatic rings. The van der Waals surface area contributed by atoms with Crippen molar-refractivity contribution in [3.05, 3.63) is 46.6 Å². The molecule has 0 aliphatic carbocycles. The van der Waals surface area contributed by atoms with Crippen LogP contribution in [0.5, 0.6) is 5.75 Å². The lowest BCUT2D eigenvalue weighted by Crippen LogP contribution is -1.90. The van der Waals surface area contributed by atoms with E-state index in [1.54, 1.807) is 0 Å². The zero-order valence-electron chi connectivity index (χ0n) is 8.61. The van der Waals surface area contributed by atoms with Crippen LogP contribution in [0, 0.1) is 0 Å². The van der Waals surface area contributed by atoms with E-state index in [0.29, 0.717) is 0 Å². The molecule has 0 radical (unpaired) electrons. The van der Waals surface area contributed by atoms with Gasteiger partial charge in [-0.25, -0.2) is 4.98 Å². The first kappa shape index (κ1) is 9.85. The quantitative estimate of drug-likeness (QED) is 0.744. The van der Waals surface area contributed by atoms with Crippen molar-refractivity contribution in [3.8, 4) is 17.0 Å². The highest BCUT2D eigenvalue weighted by atomic mass is 79.9. The van der Waals surface area contributed by atoms with E-state index in [1.165, 1.54) is 5.56 Å². The third-order valence-corrected chi connectivity index (χ3v) is 3.15. The highest BCUT2D eigenvalue weighted by Gasteiger charge is 2.17. The molecule has 2 nitrogen and oxygen atoms in total. The van der Waals surface area contributed by atoms with Gasteiger partial charge in [0.1, 0.15) is 10.4 Å². The predicted octanol–water partition coefficient (Wildman–Crippen LogP) is 3.45. The average molecular weight is 276 g/mol. The van der Waals surface area contributed by atoms with Crippen molar-refractivity contribution >= 4 is 15.9 Å². The van der Waals surface area contributed by atoms with Crippen LogP contribution in [0.1, 0.15) is 5.56 Å². The SMILES string of the molecule is Brc1cccc(-c2cccc3c2OCC3)n1. The van der Waals surface area contributed by atoms with Gasteiger partial charge in [-0.3, -0.25) is 0 Å². The molecule has 0 atom stereocenters. The maximum absolute atomic E-state index is 5.67. The van der Waals surface area contributed by atoms with Gasteiger partial charge < -0.3 is 4.74 Å². The van der Waals surface area contributed by atoms with Crippen molar-refractivity contribution in [2.24, 2.45) is 0 Å². The molecule has 1 aliphatic heterocycles. The molecule has 16 heavy (non-hydrogen) atoms. The van der Waals surface area contributed by atoms with E-state index >= 15 is 0 Å². The van der Waals surface area contributed by atoms with Gasteiger partial charge in [0.25, 0.3) is 0 Å². The Morgan fingerprint density at radius 1 is 1.12 bits per heavy atom. The molecule has 0 bridgehead atoms. The number of hydrogen-bond acceptors (Lipinski definition) is 2. The van der Waals surface area contributed by atoms with Gasteiger partial charge in [0.05, 0.1) is 12.3 Å². The fourth-order valence-electron chi connectivity index (χ4n) is 1.98.